The molecule has 1 heterocycles. The molecule has 0 saturated carbocycles. The molecule has 19 heavy (non-hydrogen) atoms. The van der Waals surface area contributed by atoms with Gasteiger partial charge in [0.25, 0.3) is 0 Å². The number of nitrogens with zero attached hydrogens (tertiary/aromatic N) is 2. The Hall–Kier alpha value is -1.59. The lowest BCUT2D eigenvalue weighted by Gasteiger charge is -2.24. The third-order valence-electron chi connectivity index (χ3n) is 3.65. The molecule has 1 aliphatic rings. The first kappa shape index (κ1) is 13.8. The highest BCUT2D eigenvalue weighted by atomic mass is 16.4. The van der Waals surface area contributed by atoms with Crippen LogP contribution in [0.15, 0.2) is 35.5 Å². The molecule has 0 aliphatic carbocycles. The van der Waals surface area contributed by atoms with E-state index >= 15 is 0 Å². The highest BCUT2D eigenvalue weighted by molar-refractivity contribution is 5.87. The van der Waals surface area contributed by atoms with Gasteiger partial charge in [-0.2, -0.15) is 0 Å². The molecular weight excluding hydrogens is 242 g/mol. The van der Waals surface area contributed by atoms with E-state index in [1.54, 1.807) is 0 Å². The Morgan fingerprint density at radius 2 is 2.16 bits per heavy atom. The van der Waals surface area contributed by atoms with Crippen LogP contribution in [0.5, 0.6) is 0 Å². The molecule has 2 atom stereocenters. The van der Waals surface area contributed by atoms with Gasteiger partial charge in [-0.3, -0.25) is 4.90 Å². The predicted octanol–water partition coefficient (Wildman–Crippen LogP) is 0.973. The van der Waals surface area contributed by atoms with Crippen LogP contribution < -0.4 is 5.73 Å². The summed E-state index contributed by atoms with van der Waals surface area (Å²) in [6.07, 6.45) is 0.755. The Kier molecular flexibility index (Phi) is 4.07. The van der Waals surface area contributed by atoms with E-state index in [2.05, 4.69) is 10.1 Å². The summed E-state index contributed by atoms with van der Waals surface area (Å²) in [7, 11) is 0. The molecular formula is C14H21N3O2. The van der Waals surface area contributed by atoms with E-state index in [-0.39, 0.29) is 11.8 Å². The van der Waals surface area contributed by atoms with Crippen LogP contribution in [0.4, 0.5) is 0 Å². The third-order valence-corrected chi connectivity index (χ3v) is 3.65. The van der Waals surface area contributed by atoms with Crippen molar-refractivity contribution in [1.29, 1.82) is 0 Å². The third kappa shape index (κ3) is 3.45. The quantitative estimate of drug-likeness (QED) is 0.327. The number of oxime groups is 1. The van der Waals surface area contributed by atoms with Crippen molar-refractivity contribution in [3.05, 3.63) is 35.9 Å². The fourth-order valence-electron chi connectivity index (χ4n) is 2.58. The average molecular weight is 263 g/mol. The van der Waals surface area contributed by atoms with Crippen LogP contribution in [-0.2, 0) is 0 Å². The lowest BCUT2D eigenvalue weighted by atomic mass is 9.97. The number of β-amino-alcohol motifs (C(OH)–C–C–N with tert-alkyl or cyclic N) is 1. The molecule has 0 aromatic heterocycles. The second-order valence-electron chi connectivity index (χ2n) is 5.47. The summed E-state index contributed by atoms with van der Waals surface area (Å²) in [5.74, 6) is 0.0536. The van der Waals surface area contributed by atoms with Crippen LogP contribution >= 0.6 is 0 Å². The van der Waals surface area contributed by atoms with Crippen LogP contribution in [0.1, 0.15) is 24.8 Å². The van der Waals surface area contributed by atoms with Crippen LogP contribution in [0, 0.1) is 0 Å². The Morgan fingerprint density at radius 3 is 2.68 bits per heavy atom. The maximum absolute atomic E-state index is 9.99. The standard InChI is InChI=1S/C14H21N3O2/c1-14(18)7-8-17(10-14)9-12(13(15)16-19)11-5-3-2-4-6-11/h2-6,12,18-19H,7-10H2,1H3,(H2,15,16). The Bertz CT molecular complexity index is 445. The number of benzene rings is 1. The summed E-state index contributed by atoms with van der Waals surface area (Å²) in [4.78, 5) is 2.15. The van der Waals surface area contributed by atoms with Gasteiger partial charge < -0.3 is 16.0 Å². The van der Waals surface area contributed by atoms with Crippen molar-refractivity contribution in [2.24, 2.45) is 10.9 Å². The van der Waals surface area contributed by atoms with Gasteiger partial charge in [-0.15, -0.1) is 0 Å². The second kappa shape index (κ2) is 5.59. The van der Waals surface area contributed by atoms with Crippen LogP contribution in [0.2, 0.25) is 0 Å². The van der Waals surface area contributed by atoms with E-state index in [4.69, 9.17) is 10.9 Å². The topological polar surface area (TPSA) is 82.1 Å². The van der Waals surface area contributed by atoms with Crippen molar-refractivity contribution < 1.29 is 10.3 Å². The smallest absolute Gasteiger partial charge is 0.147 e. The fourth-order valence-corrected chi connectivity index (χ4v) is 2.58. The molecule has 1 aromatic carbocycles. The maximum atomic E-state index is 9.99. The van der Waals surface area contributed by atoms with E-state index in [9.17, 15) is 5.11 Å². The van der Waals surface area contributed by atoms with Gasteiger partial charge in [0.1, 0.15) is 5.84 Å². The van der Waals surface area contributed by atoms with E-state index in [1.807, 2.05) is 37.3 Å². The van der Waals surface area contributed by atoms with Gasteiger partial charge in [0.2, 0.25) is 0 Å². The molecule has 0 spiro atoms. The minimum absolute atomic E-state index is 0.153. The van der Waals surface area contributed by atoms with E-state index in [0.29, 0.717) is 13.1 Å². The number of aliphatic hydroxyl groups is 1. The maximum Gasteiger partial charge on any atom is 0.147 e. The van der Waals surface area contributed by atoms with Gasteiger partial charge in [0.05, 0.1) is 11.5 Å². The zero-order valence-corrected chi connectivity index (χ0v) is 11.2. The van der Waals surface area contributed by atoms with E-state index in [1.165, 1.54) is 0 Å². The Labute approximate surface area is 113 Å². The van der Waals surface area contributed by atoms with Crippen molar-refractivity contribution in [3.8, 4) is 0 Å². The Balaban J connectivity index is 2.12. The second-order valence-corrected chi connectivity index (χ2v) is 5.47. The monoisotopic (exact) mass is 263 g/mol. The normalized spacial score (nSPS) is 26.5. The predicted molar refractivity (Wildman–Crippen MR) is 74.3 cm³/mol. The van der Waals surface area contributed by atoms with Gasteiger partial charge in [-0.05, 0) is 18.9 Å². The zero-order valence-electron chi connectivity index (χ0n) is 11.2. The van der Waals surface area contributed by atoms with Gasteiger partial charge in [-0.25, -0.2) is 0 Å². The van der Waals surface area contributed by atoms with E-state index in [0.717, 1.165) is 18.5 Å². The molecule has 1 saturated heterocycles. The SMILES string of the molecule is CC1(O)CCN(CC(/C(N)=N/O)c2ccccc2)C1. The van der Waals surface area contributed by atoms with Crippen molar-refractivity contribution in [2.45, 2.75) is 24.9 Å². The number of nitrogens with two attached hydrogens (primary N) is 1. The van der Waals surface area contributed by atoms with Gasteiger partial charge in [0.15, 0.2) is 0 Å². The first-order valence-corrected chi connectivity index (χ1v) is 6.49. The van der Waals surface area contributed by atoms with Crippen LogP contribution in [-0.4, -0.2) is 46.3 Å². The zero-order chi connectivity index (χ0) is 13.9. The molecule has 2 rings (SSSR count). The molecule has 5 heteroatoms. The minimum Gasteiger partial charge on any atom is -0.409 e. The summed E-state index contributed by atoms with van der Waals surface area (Å²) in [5.41, 5.74) is 6.19. The van der Waals surface area contributed by atoms with Crippen LogP contribution in [0.25, 0.3) is 0 Å². The number of hydrogen-bond donors (Lipinski definition) is 3. The molecule has 1 fully saturated rings. The summed E-state index contributed by atoms with van der Waals surface area (Å²) in [6.45, 7) is 3.94. The number of hydrogen-bond acceptors (Lipinski definition) is 4. The minimum atomic E-state index is -0.633. The lowest BCUT2D eigenvalue weighted by Crippen LogP contribution is -2.36. The number of likely N-dealkylation sites (tertiary alicyclic amines) is 1. The van der Waals surface area contributed by atoms with E-state index < -0.39 is 5.60 Å². The molecule has 1 aliphatic heterocycles. The summed E-state index contributed by atoms with van der Waals surface area (Å²) < 4.78 is 0. The van der Waals surface area contributed by atoms with Crippen molar-refractivity contribution >= 4 is 5.84 Å². The van der Waals surface area contributed by atoms with Gasteiger partial charge in [0, 0.05) is 19.6 Å². The molecule has 104 valence electrons. The first-order chi connectivity index (χ1) is 9.02. The molecule has 4 N–H and O–H groups in total. The van der Waals surface area contributed by atoms with Crippen molar-refractivity contribution in [3.63, 3.8) is 0 Å². The molecule has 0 bridgehead atoms. The molecule has 0 radical (unpaired) electrons. The van der Waals surface area contributed by atoms with Crippen molar-refractivity contribution in [1.82, 2.24) is 4.90 Å². The highest BCUT2D eigenvalue weighted by Crippen LogP contribution is 2.24. The largest absolute Gasteiger partial charge is 0.409 e. The molecule has 0 amide bonds. The van der Waals surface area contributed by atoms with Crippen molar-refractivity contribution in [2.75, 3.05) is 19.6 Å². The summed E-state index contributed by atoms with van der Waals surface area (Å²) in [5, 5.41) is 22.1. The molecule has 2 unspecified atom stereocenters. The highest BCUT2D eigenvalue weighted by Gasteiger charge is 2.33. The first-order valence-electron chi connectivity index (χ1n) is 6.49. The number of amidine groups is 1. The van der Waals surface area contributed by atoms with Crippen LogP contribution in [0.3, 0.4) is 0 Å². The van der Waals surface area contributed by atoms with Gasteiger partial charge >= 0.3 is 0 Å². The fraction of sp³-hybridized carbons (Fsp3) is 0.500. The average Bonchev–Trinajstić information content (AvgIpc) is 2.75. The summed E-state index contributed by atoms with van der Waals surface area (Å²) >= 11 is 0. The molecule has 1 aromatic rings. The van der Waals surface area contributed by atoms with Gasteiger partial charge in [-0.1, -0.05) is 35.5 Å². The Morgan fingerprint density at radius 1 is 1.47 bits per heavy atom. The lowest BCUT2D eigenvalue weighted by molar-refractivity contribution is 0.0686. The molecule has 5 nitrogen and oxygen atoms in total. The number of rotatable bonds is 4. The summed E-state index contributed by atoms with van der Waals surface area (Å²) in [6, 6.07) is 9.75.